The molecule has 0 bridgehead atoms. The number of amides is 1. The van der Waals surface area contributed by atoms with Gasteiger partial charge in [-0.1, -0.05) is 11.8 Å². The number of thiazole rings is 2. The Morgan fingerprint density at radius 2 is 2.14 bits per heavy atom. The van der Waals surface area contributed by atoms with Crippen LogP contribution in [0.4, 0.5) is 5.13 Å². The molecule has 1 aliphatic rings. The van der Waals surface area contributed by atoms with Gasteiger partial charge in [0.1, 0.15) is 0 Å². The highest BCUT2D eigenvalue weighted by molar-refractivity contribution is 8.01. The molecule has 0 atom stereocenters. The van der Waals surface area contributed by atoms with E-state index in [4.69, 9.17) is 0 Å². The van der Waals surface area contributed by atoms with E-state index in [1.165, 1.54) is 24.6 Å². The lowest BCUT2D eigenvalue weighted by Gasteiger charge is -2.12. The van der Waals surface area contributed by atoms with Gasteiger partial charge in [0.25, 0.3) is 0 Å². The number of thioether (sulfide) groups is 1. The van der Waals surface area contributed by atoms with Crippen molar-refractivity contribution in [1.82, 2.24) is 15.3 Å². The molecule has 2 aromatic heterocycles. The van der Waals surface area contributed by atoms with Crippen molar-refractivity contribution >= 4 is 45.5 Å². The number of hydrogen-bond donors (Lipinski definition) is 1. The van der Waals surface area contributed by atoms with Gasteiger partial charge in [-0.2, -0.15) is 0 Å². The molecule has 0 radical (unpaired) electrons. The lowest BCUT2D eigenvalue weighted by atomic mass is 10.4. The van der Waals surface area contributed by atoms with Crippen LogP contribution in [-0.4, -0.2) is 34.7 Å². The molecule has 1 aliphatic heterocycles. The molecule has 2 aromatic rings. The van der Waals surface area contributed by atoms with Crippen LogP contribution in [0.25, 0.3) is 0 Å². The van der Waals surface area contributed by atoms with Gasteiger partial charge in [-0.15, -0.1) is 22.7 Å². The monoisotopic (exact) mass is 354 g/mol. The van der Waals surface area contributed by atoms with Crippen LogP contribution < -0.4 is 10.2 Å². The molecule has 1 saturated heterocycles. The molecule has 3 rings (SSSR count). The fraction of sp³-hybridized carbons (Fsp3) is 0.500. The molecule has 0 unspecified atom stereocenters. The molecule has 22 heavy (non-hydrogen) atoms. The third kappa shape index (κ3) is 4.21. The zero-order valence-corrected chi connectivity index (χ0v) is 14.8. The minimum Gasteiger partial charge on any atom is -0.350 e. The maximum absolute atomic E-state index is 11.9. The third-order valence-electron chi connectivity index (χ3n) is 3.31. The summed E-state index contributed by atoms with van der Waals surface area (Å²) in [7, 11) is 0. The van der Waals surface area contributed by atoms with Crippen LogP contribution in [0.15, 0.2) is 15.1 Å². The zero-order valence-electron chi connectivity index (χ0n) is 12.4. The molecular weight excluding hydrogens is 336 g/mol. The van der Waals surface area contributed by atoms with Crippen LogP contribution in [0.3, 0.4) is 0 Å². The van der Waals surface area contributed by atoms with E-state index >= 15 is 0 Å². The smallest absolute Gasteiger partial charge is 0.230 e. The highest BCUT2D eigenvalue weighted by Gasteiger charge is 2.15. The number of hydrogen-bond acceptors (Lipinski definition) is 7. The first-order valence-corrected chi connectivity index (χ1v) is 9.96. The lowest BCUT2D eigenvalue weighted by Crippen LogP contribution is -2.25. The Hall–Kier alpha value is -1.12. The number of carbonyl (C=O) groups excluding carboxylic acids is 1. The molecule has 0 saturated carbocycles. The fourth-order valence-electron chi connectivity index (χ4n) is 2.20. The van der Waals surface area contributed by atoms with E-state index in [1.807, 2.05) is 17.7 Å². The molecule has 8 heteroatoms. The Morgan fingerprint density at radius 1 is 1.32 bits per heavy atom. The molecule has 0 aliphatic carbocycles. The number of rotatable bonds is 6. The maximum atomic E-state index is 11.9. The lowest BCUT2D eigenvalue weighted by molar-refractivity contribution is -0.118. The van der Waals surface area contributed by atoms with Crippen molar-refractivity contribution in [3.8, 4) is 0 Å². The standard InChI is InChI=1S/C14H18N4OS3/c1-10-7-21-14(16-10)22-9-12(19)15-6-11-8-20-13(17-11)18-4-2-3-5-18/h7-8H,2-6,9H2,1H3,(H,15,19). The summed E-state index contributed by atoms with van der Waals surface area (Å²) in [6, 6.07) is 0. The van der Waals surface area contributed by atoms with Gasteiger partial charge in [-0.05, 0) is 19.8 Å². The summed E-state index contributed by atoms with van der Waals surface area (Å²) < 4.78 is 0.942. The van der Waals surface area contributed by atoms with Gasteiger partial charge in [0.15, 0.2) is 9.47 Å². The first kappa shape index (κ1) is 15.8. The SMILES string of the molecule is Cc1csc(SCC(=O)NCc2csc(N3CCCC3)n2)n1. The quantitative estimate of drug-likeness (QED) is 0.808. The first-order valence-electron chi connectivity index (χ1n) is 7.22. The summed E-state index contributed by atoms with van der Waals surface area (Å²) in [5.41, 5.74) is 1.94. The molecule has 0 aromatic carbocycles. The topological polar surface area (TPSA) is 58.1 Å². The van der Waals surface area contributed by atoms with Crippen molar-refractivity contribution in [1.29, 1.82) is 0 Å². The molecule has 0 spiro atoms. The van der Waals surface area contributed by atoms with Crippen LogP contribution in [0.5, 0.6) is 0 Å². The predicted octanol–water partition coefficient (Wildman–Crippen LogP) is 2.92. The van der Waals surface area contributed by atoms with Crippen LogP contribution >= 0.6 is 34.4 Å². The Balaban J connectivity index is 1.42. The molecule has 1 N–H and O–H groups in total. The molecule has 118 valence electrons. The number of carbonyl (C=O) groups is 1. The molecular formula is C14H18N4OS3. The summed E-state index contributed by atoms with van der Waals surface area (Å²) in [6.45, 7) is 4.66. The van der Waals surface area contributed by atoms with E-state index in [2.05, 4.69) is 20.2 Å². The average molecular weight is 355 g/mol. The summed E-state index contributed by atoms with van der Waals surface area (Å²) in [5, 5.41) is 8.03. The van der Waals surface area contributed by atoms with Crippen molar-refractivity contribution < 1.29 is 4.79 Å². The first-order chi connectivity index (χ1) is 10.7. The van der Waals surface area contributed by atoms with Gasteiger partial charge >= 0.3 is 0 Å². The van der Waals surface area contributed by atoms with E-state index in [-0.39, 0.29) is 5.91 Å². The van der Waals surface area contributed by atoms with E-state index in [9.17, 15) is 4.79 Å². The highest BCUT2D eigenvalue weighted by atomic mass is 32.2. The van der Waals surface area contributed by atoms with Crippen molar-refractivity contribution in [2.75, 3.05) is 23.7 Å². The van der Waals surface area contributed by atoms with Crippen LogP contribution in [0, 0.1) is 6.92 Å². The van der Waals surface area contributed by atoms with Crippen LogP contribution in [-0.2, 0) is 11.3 Å². The van der Waals surface area contributed by atoms with Gasteiger partial charge in [0, 0.05) is 29.5 Å². The molecule has 1 fully saturated rings. The van der Waals surface area contributed by atoms with Gasteiger partial charge in [0.2, 0.25) is 5.91 Å². The minimum atomic E-state index is 0.0218. The van der Waals surface area contributed by atoms with E-state index < -0.39 is 0 Å². The maximum Gasteiger partial charge on any atom is 0.230 e. The summed E-state index contributed by atoms with van der Waals surface area (Å²) in [4.78, 5) is 23.1. The Kier molecular flexibility index (Phi) is 5.32. The minimum absolute atomic E-state index is 0.0218. The number of nitrogens with zero attached hydrogens (tertiary/aromatic N) is 3. The van der Waals surface area contributed by atoms with E-state index in [1.54, 1.807) is 22.7 Å². The molecule has 3 heterocycles. The van der Waals surface area contributed by atoms with Crippen molar-refractivity contribution in [3.05, 3.63) is 22.1 Å². The van der Waals surface area contributed by atoms with E-state index in [0.717, 1.165) is 33.9 Å². The van der Waals surface area contributed by atoms with Crippen LogP contribution in [0.1, 0.15) is 24.2 Å². The number of anilines is 1. The average Bonchev–Trinajstić information content (AvgIpc) is 3.23. The summed E-state index contributed by atoms with van der Waals surface area (Å²) >= 11 is 4.72. The number of aryl methyl sites for hydroxylation is 1. The van der Waals surface area contributed by atoms with E-state index in [0.29, 0.717) is 12.3 Å². The summed E-state index contributed by atoms with van der Waals surface area (Å²) in [5.74, 6) is 0.421. The second kappa shape index (κ2) is 7.43. The number of aromatic nitrogens is 2. The van der Waals surface area contributed by atoms with Gasteiger partial charge in [-0.3, -0.25) is 4.79 Å². The Labute approximate surface area is 142 Å². The zero-order chi connectivity index (χ0) is 15.4. The second-order valence-electron chi connectivity index (χ2n) is 5.14. The van der Waals surface area contributed by atoms with Crippen molar-refractivity contribution in [3.63, 3.8) is 0 Å². The van der Waals surface area contributed by atoms with Crippen molar-refractivity contribution in [2.24, 2.45) is 0 Å². The Morgan fingerprint density at radius 3 is 2.86 bits per heavy atom. The number of nitrogens with one attached hydrogen (secondary N) is 1. The van der Waals surface area contributed by atoms with Gasteiger partial charge in [0.05, 0.1) is 18.0 Å². The van der Waals surface area contributed by atoms with Gasteiger partial charge in [-0.25, -0.2) is 9.97 Å². The third-order valence-corrected chi connectivity index (χ3v) is 6.40. The Bertz CT molecular complexity index is 634. The molecule has 5 nitrogen and oxygen atoms in total. The fourth-order valence-corrected chi connectivity index (χ4v) is 4.76. The van der Waals surface area contributed by atoms with Crippen LogP contribution in [0.2, 0.25) is 0 Å². The normalized spacial score (nSPS) is 14.5. The summed E-state index contributed by atoms with van der Waals surface area (Å²) in [6.07, 6.45) is 2.50. The molecule has 1 amide bonds. The predicted molar refractivity (Wildman–Crippen MR) is 93.0 cm³/mol. The second-order valence-corrected chi connectivity index (χ2v) is 8.05. The largest absolute Gasteiger partial charge is 0.350 e. The van der Waals surface area contributed by atoms with Gasteiger partial charge < -0.3 is 10.2 Å². The van der Waals surface area contributed by atoms with Crippen molar-refractivity contribution in [2.45, 2.75) is 30.6 Å². The highest BCUT2D eigenvalue weighted by Crippen LogP contribution is 2.24.